The Morgan fingerprint density at radius 2 is 2.22 bits per heavy atom. The SMILES string of the molecule is CCCCOCCNC(=O)c1ccc(Cl)c(N)c1. The van der Waals surface area contributed by atoms with E-state index >= 15 is 0 Å². The van der Waals surface area contributed by atoms with E-state index in [9.17, 15) is 4.79 Å². The number of nitrogens with one attached hydrogen (secondary N) is 1. The van der Waals surface area contributed by atoms with E-state index in [1.807, 2.05) is 0 Å². The Bertz CT molecular complexity index is 397. The fourth-order valence-electron chi connectivity index (χ4n) is 1.37. The molecule has 0 unspecified atom stereocenters. The predicted octanol–water partition coefficient (Wildman–Crippen LogP) is 2.47. The molecule has 0 saturated carbocycles. The van der Waals surface area contributed by atoms with Crippen molar-refractivity contribution in [3.63, 3.8) is 0 Å². The number of anilines is 1. The predicted molar refractivity (Wildman–Crippen MR) is 73.9 cm³/mol. The van der Waals surface area contributed by atoms with Crippen molar-refractivity contribution in [1.82, 2.24) is 5.32 Å². The highest BCUT2D eigenvalue weighted by Gasteiger charge is 2.06. The van der Waals surface area contributed by atoms with Gasteiger partial charge < -0.3 is 15.8 Å². The van der Waals surface area contributed by atoms with Crippen LogP contribution in [0.5, 0.6) is 0 Å². The first-order valence-corrected chi connectivity index (χ1v) is 6.44. The van der Waals surface area contributed by atoms with Crippen LogP contribution >= 0.6 is 11.6 Å². The van der Waals surface area contributed by atoms with Gasteiger partial charge >= 0.3 is 0 Å². The van der Waals surface area contributed by atoms with E-state index in [0.29, 0.717) is 29.4 Å². The third-order valence-corrected chi connectivity index (χ3v) is 2.78. The van der Waals surface area contributed by atoms with Crippen molar-refractivity contribution >= 4 is 23.2 Å². The van der Waals surface area contributed by atoms with Crippen molar-refractivity contribution in [2.45, 2.75) is 19.8 Å². The standard InChI is InChI=1S/C13H19ClN2O2/c1-2-3-7-18-8-6-16-13(17)10-4-5-11(14)12(15)9-10/h4-5,9H,2-3,6-8,15H2,1H3,(H,16,17). The van der Waals surface area contributed by atoms with Crippen molar-refractivity contribution < 1.29 is 9.53 Å². The highest BCUT2D eigenvalue weighted by Crippen LogP contribution is 2.19. The van der Waals surface area contributed by atoms with Crippen molar-refractivity contribution in [3.05, 3.63) is 28.8 Å². The molecule has 0 heterocycles. The zero-order chi connectivity index (χ0) is 13.4. The summed E-state index contributed by atoms with van der Waals surface area (Å²) in [5.74, 6) is -0.169. The molecule has 1 aromatic carbocycles. The maximum absolute atomic E-state index is 11.7. The number of amides is 1. The molecule has 0 aromatic heterocycles. The first-order chi connectivity index (χ1) is 8.65. The zero-order valence-corrected chi connectivity index (χ0v) is 11.3. The Labute approximate surface area is 112 Å². The average molecular weight is 271 g/mol. The lowest BCUT2D eigenvalue weighted by atomic mass is 10.2. The van der Waals surface area contributed by atoms with Crippen molar-refractivity contribution in [3.8, 4) is 0 Å². The first kappa shape index (κ1) is 14.8. The molecule has 5 heteroatoms. The summed E-state index contributed by atoms with van der Waals surface area (Å²) in [6.45, 7) is 3.86. The van der Waals surface area contributed by atoms with E-state index in [0.717, 1.165) is 19.4 Å². The summed E-state index contributed by atoms with van der Waals surface area (Å²) in [4.78, 5) is 11.7. The number of nitrogen functional groups attached to an aromatic ring is 1. The summed E-state index contributed by atoms with van der Waals surface area (Å²) >= 11 is 5.78. The normalized spacial score (nSPS) is 10.3. The average Bonchev–Trinajstić information content (AvgIpc) is 2.36. The van der Waals surface area contributed by atoms with Crippen LogP contribution in [-0.2, 0) is 4.74 Å². The molecule has 0 fully saturated rings. The lowest BCUT2D eigenvalue weighted by Gasteiger charge is -2.07. The van der Waals surface area contributed by atoms with E-state index in [2.05, 4.69) is 12.2 Å². The largest absolute Gasteiger partial charge is 0.398 e. The fraction of sp³-hybridized carbons (Fsp3) is 0.462. The molecule has 3 N–H and O–H groups in total. The van der Waals surface area contributed by atoms with Crippen LogP contribution in [-0.4, -0.2) is 25.7 Å². The van der Waals surface area contributed by atoms with E-state index < -0.39 is 0 Å². The van der Waals surface area contributed by atoms with Crippen LogP contribution in [0.2, 0.25) is 5.02 Å². The van der Waals surface area contributed by atoms with Gasteiger partial charge in [-0.25, -0.2) is 0 Å². The van der Waals surface area contributed by atoms with Crippen molar-refractivity contribution in [2.24, 2.45) is 0 Å². The van der Waals surface area contributed by atoms with E-state index in [1.54, 1.807) is 18.2 Å². The Morgan fingerprint density at radius 3 is 2.89 bits per heavy atom. The van der Waals surface area contributed by atoms with Crippen LogP contribution in [0.25, 0.3) is 0 Å². The van der Waals surface area contributed by atoms with Gasteiger partial charge in [-0.15, -0.1) is 0 Å². The number of halogens is 1. The van der Waals surface area contributed by atoms with Crippen molar-refractivity contribution in [1.29, 1.82) is 0 Å². The number of unbranched alkanes of at least 4 members (excludes halogenated alkanes) is 1. The summed E-state index contributed by atoms with van der Waals surface area (Å²) in [6.07, 6.45) is 2.15. The second kappa shape index (κ2) is 7.95. The second-order valence-corrected chi connectivity index (χ2v) is 4.37. The lowest BCUT2D eigenvalue weighted by Crippen LogP contribution is -2.27. The monoisotopic (exact) mass is 270 g/mol. The third-order valence-electron chi connectivity index (χ3n) is 2.43. The molecule has 0 saturated heterocycles. The van der Waals surface area contributed by atoms with Gasteiger partial charge in [0.25, 0.3) is 5.91 Å². The molecule has 0 atom stereocenters. The van der Waals surface area contributed by atoms with Gasteiger partial charge in [0.05, 0.1) is 17.3 Å². The van der Waals surface area contributed by atoms with Gasteiger partial charge in [-0.1, -0.05) is 24.9 Å². The number of hydrogen-bond acceptors (Lipinski definition) is 3. The molecule has 18 heavy (non-hydrogen) atoms. The molecule has 0 aliphatic carbocycles. The number of rotatable bonds is 7. The minimum Gasteiger partial charge on any atom is -0.398 e. The number of hydrogen-bond donors (Lipinski definition) is 2. The molecule has 0 aliphatic heterocycles. The van der Waals surface area contributed by atoms with Gasteiger partial charge in [-0.05, 0) is 24.6 Å². The quantitative estimate of drug-likeness (QED) is 0.591. The van der Waals surface area contributed by atoms with Gasteiger partial charge in [0.15, 0.2) is 0 Å². The smallest absolute Gasteiger partial charge is 0.251 e. The molecule has 0 spiro atoms. The van der Waals surface area contributed by atoms with Crippen molar-refractivity contribution in [2.75, 3.05) is 25.5 Å². The number of ether oxygens (including phenoxy) is 1. The van der Waals surface area contributed by atoms with Crippen LogP contribution < -0.4 is 11.1 Å². The Balaban J connectivity index is 2.30. The van der Waals surface area contributed by atoms with E-state index in [4.69, 9.17) is 22.1 Å². The Hall–Kier alpha value is -1.26. The van der Waals surface area contributed by atoms with E-state index in [-0.39, 0.29) is 5.91 Å². The molecule has 1 aromatic rings. The topological polar surface area (TPSA) is 64.3 Å². The molecular formula is C13H19ClN2O2. The Morgan fingerprint density at radius 1 is 1.44 bits per heavy atom. The van der Waals surface area contributed by atoms with Crippen LogP contribution in [0.15, 0.2) is 18.2 Å². The fourth-order valence-corrected chi connectivity index (χ4v) is 1.49. The van der Waals surface area contributed by atoms with Crippen LogP contribution in [0.3, 0.4) is 0 Å². The molecule has 4 nitrogen and oxygen atoms in total. The third kappa shape index (κ3) is 4.94. The summed E-state index contributed by atoms with van der Waals surface area (Å²) in [7, 11) is 0. The van der Waals surface area contributed by atoms with Gasteiger partial charge in [0.2, 0.25) is 0 Å². The number of carbonyl (C=O) groups is 1. The first-order valence-electron chi connectivity index (χ1n) is 6.06. The van der Waals surface area contributed by atoms with Gasteiger partial charge in [-0.3, -0.25) is 4.79 Å². The molecule has 100 valence electrons. The summed E-state index contributed by atoms with van der Waals surface area (Å²) < 4.78 is 5.34. The number of benzene rings is 1. The lowest BCUT2D eigenvalue weighted by molar-refractivity contribution is 0.0913. The maximum Gasteiger partial charge on any atom is 0.251 e. The Kier molecular flexibility index (Phi) is 6.54. The number of nitrogens with two attached hydrogens (primary N) is 1. The van der Waals surface area contributed by atoms with Gasteiger partial charge in [-0.2, -0.15) is 0 Å². The highest BCUT2D eigenvalue weighted by atomic mass is 35.5. The van der Waals surface area contributed by atoms with Gasteiger partial charge in [0.1, 0.15) is 0 Å². The maximum atomic E-state index is 11.7. The molecule has 0 radical (unpaired) electrons. The second-order valence-electron chi connectivity index (χ2n) is 3.96. The summed E-state index contributed by atoms with van der Waals surface area (Å²) in [5, 5.41) is 3.21. The minimum atomic E-state index is -0.169. The summed E-state index contributed by atoms with van der Waals surface area (Å²) in [6, 6.07) is 4.82. The van der Waals surface area contributed by atoms with E-state index in [1.165, 1.54) is 0 Å². The minimum absolute atomic E-state index is 0.169. The number of carbonyl (C=O) groups excluding carboxylic acids is 1. The molecule has 1 amide bonds. The van der Waals surface area contributed by atoms with Crippen LogP contribution in [0.1, 0.15) is 30.1 Å². The van der Waals surface area contributed by atoms with Crippen LogP contribution in [0.4, 0.5) is 5.69 Å². The molecule has 1 rings (SSSR count). The van der Waals surface area contributed by atoms with Crippen LogP contribution in [0, 0.1) is 0 Å². The van der Waals surface area contributed by atoms with Gasteiger partial charge in [0, 0.05) is 18.7 Å². The highest BCUT2D eigenvalue weighted by molar-refractivity contribution is 6.33. The zero-order valence-electron chi connectivity index (χ0n) is 10.5. The molecular weight excluding hydrogens is 252 g/mol. The molecule has 0 aliphatic rings. The molecule has 0 bridgehead atoms. The summed E-state index contributed by atoms with van der Waals surface area (Å²) in [5.41, 5.74) is 6.54.